The summed E-state index contributed by atoms with van der Waals surface area (Å²) in [6.45, 7) is 0. The van der Waals surface area contributed by atoms with Gasteiger partial charge >= 0.3 is 0 Å². The van der Waals surface area contributed by atoms with Crippen molar-refractivity contribution in [2.45, 2.75) is 0 Å². The number of anilines is 2. The van der Waals surface area contributed by atoms with Gasteiger partial charge in [0, 0.05) is 39.1 Å². The molecular weight excluding hydrogens is 344 g/mol. The molecule has 0 aliphatic carbocycles. The largest absolute Gasteiger partial charge is 0.354 e. The zero-order chi connectivity index (χ0) is 17.9. The molecule has 0 aliphatic heterocycles. The highest BCUT2D eigenvalue weighted by atomic mass is 35.5. The molecule has 1 aromatic heterocycles. The predicted octanol–water partition coefficient (Wildman–Crippen LogP) is 6.11. The minimum atomic E-state index is 0.655. The van der Waals surface area contributed by atoms with Crippen LogP contribution in [0, 0.1) is 0 Å². The van der Waals surface area contributed by atoms with E-state index in [0.717, 1.165) is 39.7 Å². The van der Waals surface area contributed by atoms with Gasteiger partial charge < -0.3 is 5.32 Å². The Kier molecular flexibility index (Phi) is 4.38. The van der Waals surface area contributed by atoms with Crippen LogP contribution in [0.15, 0.2) is 79.0 Å². The lowest BCUT2D eigenvalue weighted by molar-refractivity contribution is 0.112. The molecule has 1 heterocycles. The molecule has 0 saturated heterocycles. The van der Waals surface area contributed by atoms with Gasteiger partial charge in [0.1, 0.15) is 0 Å². The van der Waals surface area contributed by atoms with Crippen LogP contribution in [0.1, 0.15) is 10.4 Å². The predicted molar refractivity (Wildman–Crippen MR) is 107 cm³/mol. The van der Waals surface area contributed by atoms with Gasteiger partial charge in [-0.15, -0.1) is 0 Å². The first kappa shape index (κ1) is 16.3. The Balaban J connectivity index is 1.83. The van der Waals surface area contributed by atoms with Crippen molar-refractivity contribution in [1.82, 2.24) is 4.98 Å². The van der Waals surface area contributed by atoms with Crippen LogP contribution in [-0.2, 0) is 0 Å². The van der Waals surface area contributed by atoms with Gasteiger partial charge in [0.2, 0.25) is 0 Å². The van der Waals surface area contributed by atoms with Crippen molar-refractivity contribution < 1.29 is 4.79 Å². The maximum Gasteiger partial charge on any atom is 0.150 e. The van der Waals surface area contributed by atoms with E-state index in [0.29, 0.717) is 10.6 Å². The van der Waals surface area contributed by atoms with Crippen LogP contribution in [0.5, 0.6) is 0 Å². The lowest BCUT2D eigenvalue weighted by Gasteiger charge is -2.15. The van der Waals surface area contributed by atoms with Crippen LogP contribution < -0.4 is 5.32 Å². The van der Waals surface area contributed by atoms with Gasteiger partial charge in [-0.05, 0) is 35.9 Å². The van der Waals surface area contributed by atoms with E-state index in [2.05, 4.69) is 10.3 Å². The van der Waals surface area contributed by atoms with E-state index >= 15 is 0 Å². The van der Waals surface area contributed by atoms with Crippen LogP contribution in [0.2, 0.25) is 5.02 Å². The Morgan fingerprint density at radius 2 is 1.62 bits per heavy atom. The molecule has 0 radical (unpaired) electrons. The third kappa shape index (κ3) is 3.05. The molecule has 0 spiro atoms. The lowest BCUT2D eigenvalue weighted by atomic mass is 9.98. The number of aromatic nitrogens is 1. The molecule has 0 atom stereocenters. The van der Waals surface area contributed by atoms with Gasteiger partial charge in [0.15, 0.2) is 6.29 Å². The number of rotatable bonds is 4. The number of fused-ring (bicyclic) bond motifs is 1. The molecule has 0 amide bonds. The summed E-state index contributed by atoms with van der Waals surface area (Å²) in [6, 6.07) is 23.1. The highest BCUT2D eigenvalue weighted by Gasteiger charge is 2.10. The van der Waals surface area contributed by atoms with Crippen molar-refractivity contribution >= 4 is 40.2 Å². The van der Waals surface area contributed by atoms with Gasteiger partial charge in [-0.25, -0.2) is 0 Å². The molecule has 4 heteroatoms. The summed E-state index contributed by atoms with van der Waals surface area (Å²) in [6.07, 6.45) is 2.64. The molecule has 0 unspecified atom stereocenters. The second-order valence-corrected chi connectivity index (χ2v) is 6.33. The minimum absolute atomic E-state index is 0.655. The van der Waals surface area contributed by atoms with Crippen molar-refractivity contribution in [2.75, 3.05) is 5.32 Å². The second kappa shape index (κ2) is 6.98. The van der Waals surface area contributed by atoms with Crippen molar-refractivity contribution in [3.05, 3.63) is 89.6 Å². The maximum atomic E-state index is 11.4. The van der Waals surface area contributed by atoms with Gasteiger partial charge in [-0.3, -0.25) is 9.78 Å². The van der Waals surface area contributed by atoms with Crippen LogP contribution in [-0.4, -0.2) is 11.3 Å². The smallest absolute Gasteiger partial charge is 0.150 e. The number of nitrogens with zero attached hydrogens (tertiary/aromatic N) is 1. The monoisotopic (exact) mass is 358 g/mol. The Morgan fingerprint density at radius 1 is 0.846 bits per heavy atom. The zero-order valence-corrected chi connectivity index (χ0v) is 14.6. The normalized spacial score (nSPS) is 10.7. The standard InChI is InChI=1S/C22H15ClN2O/c23-16-9-10-19-21(11-12-24-22(19)13-16)25-20-8-4-3-7-18(20)17-6-2-1-5-15(17)14-26/h1-14H,(H,24,25). The highest BCUT2D eigenvalue weighted by molar-refractivity contribution is 6.31. The first-order valence-electron chi connectivity index (χ1n) is 8.21. The lowest BCUT2D eigenvalue weighted by Crippen LogP contribution is -1.96. The van der Waals surface area contributed by atoms with E-state index in [1.165, 1.54) is 0 Å². The topological polar surface area (TPSA) is 42.0 Å². The number of hydrogen-bond acceptors (Lipinski definition) is 3. The van der Waals surface area contributed by atoms with Crippen molar-refractivity contribution in [1.29, 1.82) is 0 Å². The van der Waals surface area contributed by atoms with Gasteiger partial charge in [0.05, 0.1) is 5.52 Å². The molecule has 0 bridgehead atoms. The quantitative estimate of drug-likeness (QED) is 0.447. The van der Waals surface area contributed by atoms with Gasteiger partial charge in [0.25, 0.3) is 0 Å². The van der Waals surface area contributed by atoms with Crippen LogP contribution in [0.25, 0.3) is 22.0 Å². The Labute approximate surface area is 156 Å². The Bertz CT molecular complexity index is 1110. The van der Waals surface area contributed by atoms with E-state index in [4.69, 9.17) is 11.6 Å². The average Bonchev–Trinajstić information content (AvgIpc) is 2.68. The fourth-order valence-corrected chi connectivity index (χ4v) is 3.21. The number of carbonyl (C=O) groups is 1. The van der Waals surface area contributed by atoms with E-state index in [-0.39, 0.29) is 0 Å². The van der Waals surface area contributed by atoms with Gasteiger partial charge in [-0.1, -0.05) is 54.1 Å². The van der Waals surface area contributed by atoms with E-state index < -0.39 is 0 Å². The number of halogens is 1. The molecule has 126 valence electrons. The number of aldehydes is 1. The van der Waals surface area contributed by atoms with Crippen LogP contribution in [0.4, 0.5) is 11.4 Å². The number of benzene rings is 3. The van der Waals surface area contributed by atoms with Crippen LogP contribution in [0.3, 0.4) is 0 Å². The van der Waals surface area contributed by atoms with E-state index in [1.807, 2.05) is 72.8 Å². The summed E-state index contributed by atoms with van der Waals surface area (Å²) in [7, 11) is 0. The van der Waals surface area contributed by atoms with Crippen molar-refractivity contribution in [3.63, 3.8) is 0 Å². The van der Waals surface area contributed by atoms with Crippen molar-refractivity contribution in [2.24, 2.45) is 0 Å². The summed E-state index contributed by atoms with van der Waals surface area (Å²) in [5.74, 6) is 0. The third-order valence-corrected chi connectivity index (χ3v) is 4.51. The molecule has 0 saturated carbocycles. The zero-order valence-electron chi connectivity index (χ0n) is 13.8. The highest BCUT2D eigenvalue weighted by Crippen LogP contribution is 2.34. The third-order valence-electron chi connectivity index (χ3n) is 4.28. The van der Waals surface area contributed by atoms with Crippen LogP contribution >= 0.6 is 11.6 Å². The molecule has 0 aliphatic rings. The summed E-state index contributed by atoms with van der Waals surface area (Å²) in [5.41, 5.74) is 5.20. The summed E-state index contributed by atoms with van der Waals surface area (Å²) in [4.78, 5) is 15.8. The molecular formula is C22H15ClN2O. The molecule has 0 fully saturated rings. The second-order valence-electron chi connectivity index (χ2n) is 5.90. The first-order valence-corrected chi connectivity index (χ1v) is 8.59. The molecule has 4 aromatic rings. The summed E-state index contributed by atoms with van der Waals surface area (Å²) >= 11 is 6.08. The Hall–Kier alpha value is -3.17. The van der Waals surface area contributed by atoms with E-state index in [1.54, 1.807) is 6.20 Å². The fourth-order valence-electron chi connectivity index (χ4n) is 3.05. The average molecular weight is 359 g/mol. The maximum absolute atomic E-state index is 11.4. The molecule has 1 N–H and O–H groups in total. The summed E-state index contributed by atoms with van der Waals surface area (Å²) < 4.78 is 0. The minimum Gasteiger partial charge on any atom is -0.354 e. The first-order chi connectivity index (χ1) is 12.8. The molecule has 3 aromatic carbocycles. The van der Waals surface area contributed by atoms with Crippen molar-refractivity contribution in [3.8, 4) is 11.1 Å². The molecule has 3 nitrogen and oxygen atoms in total. The number of hydrogen-bond donors (Lipinski definition) is 1. The van der Waals surface area contributed by atoms with E-state index in [9.17, 15) is 4.79 Å². The number of nitrogens with one attached hydrogen (secondary N) is 1. The number of pyridine rings is 1. The van der Waals surface area contributed by atoms with Gasteiger partial charge in [-0.2, -0.15) is 0 Å². The number of carbonyl (C=O) groups excluding carboxylic acids is 1. The SMILES string of the molecule is O=Cc1ccccc1-c1ccccc1Nc1ccnc2cc(Cl)ccc12. The summed E-state index contributed by atoms with van der Waals surface area (Å²) in [5, 5.41) is 5.12. The Morgan fingerprint density at radius 3 is 2.46 bits per heavy atom. The fraction of sp³-hybridized carbons (Fsp3) is 0. The number of para-hydroxylation sites is 1. The molecule has 26 heavy (non-hydrogen) atoms. The molecule has 4 rings (SSSR count).